The number of hydrogen-bond donors (Lipinski definition) is 2. The Labute approximate surface area is 220 Å². The minimum atomic E-state index is -0.719. The fourth-order valence-electron chi connectivity index (χ4n) is 3.34. The molecule has 0 bridgehead atoms. The van der Waals surface area contributed by atoms with Gasteiger partial charge in [-0.1, -0.05) is 46.4 Å². The first-order valence-corrected chi connectivity index (χ1v) is 11.5. The second-order valence-electron chi connectivity index (χ2n) is 7.26. The molecule has 0 aromatic heterocycles. The molecule has 7 nitrogen and oxygen atoms in total. The Morgan fingerprint density at radius 1 is 0.829 bits per heavy atom. The van der Waals surface area contributed by atoms with Crippen LogP contribution in [-0.4, -0.2) is 24.8 Å². The van der Waals surface area contributed by atoms with Crippen molar-refractivity contribution < 1.29 is 19.1 Å². The van der Waals surface area contributed by atoms with E-state index in [1.54, 1.807) is 42.5 Å². The molecular formula is C24H15Cl4N3O4. The number of carbonyl (C=O) groups excluding carboxylic acids is 3. The zero-order valence-corrected chi connectivity index (χ0v) is 20.9. The fourth-order valence-corrected chi connectivity index (χ4v) is 4.24. The molecular weight excluding hydrogens is 536 g/mol. The molecule has 0 radical (unpaired) electrons. The van der Waals surface area contributed by atoms with Gasteiger partial charge in [-0.15, -0.1) is 0 Å². The van der Waals surface area contributed by atoms with Crippen molar-refractivity contribution in [2.75, 3.05) is 22.6 Å². The van der Waals surface area contributed by atoms with E-state index >= 15 is 0 Å². The molecule has 2 N–H and O–H groups in total. The quantitative estimate of drug-likeness (QED) is 0.349. The number of rotatable bonds is 6. The average Bonchev–Trinajstić information content (AvgIpc) is 3.02. The molecule has 0 saturated carbocycles. The third-order valence-electron chi connectivity index (χ3n) is 4.96. The van der Waals surface area contributed by atoms with Gasteiger partial charge in [0, 0.05) is 26.3 Å². The summed E-state index contributed by atoms with van der Waals surface area (Å²) in [6, 6.07) is 15.4. The number of nitrogens with one attached hydrogen (secondary N) is 2. The maximum atomic E-state index is 12.9. The third-order valence-corrected chi connectivity index (χ3v) is 5.98. The predicted octanol–water partition coefficient (Wildman–Crippen LogP) is 6.34. The number of benzene rings is 3. The van der Waals surface area contributed by atoms with Crippen LogP contribution >= 0.6 is 46.4 Å². The molecule has 0 aliphatic carbocycles. The Hall–Kier alpha value is -3.23. The predicted molar refractivity (Wildman–Crippen MR) is 138 cm³/mol. The molecule has 3 aromatic rings. The lowest BCUT2D eigenvalue weighted by molar-refractivity contribution is -0.120. The lowest BCUT2D eigenvalue weighted by atomic mass is 10.1. The van der Waals surface area contributed by atoms with Gasteiger partial charge >= 0.3 is 0 Å². The molecule has 0 fully saturated rings. The first-order chi connectivity index (χ1) is 16.7. The molecule has 11 heteroatoms. The van der Waals surface area contributed by atoms with Crippen LogP contribution in [0.1, 0.15) is 10.4 Å². The lowest BCUT2D eigenvalue weighted by Crippen LogP contribution is -2.32. The average molecular weight is 551 g/mol. The third kappa shape index (κ3) is 5.23. The van der Waals surface area contributed by atoms with E-state index in [9.17, 15) is 14.4 Å². The molecule has 178 valence electrons. The van der Waals surface area contributed by atoms with Crippen LogP contribution in [0.3, 0.4) is 0 Å². The van der Waals surface area contributed by atoms with E-state index in [0.717, 1.165) is 4.90 Å². The number of hydrogen-bond acceptors (Lipinski definition) is 5. The van der Waals surface area contributed by atoms with Gasteiger partial charge in [-0.25, -0.2) is 4.90 Å². The highest BCUT2D eigenvalue weighted by Crippen LogP contribution is 2.33. The summed E-state index contributed by atoms with van der Waals surface area (Å²) in [6.45, 7) is 0. The van der Waals surface area contributed by atoms with Crippen LogP contribution < -0.4 is 20.3 Å². The summed E-state index contributed by atoms with van der Waals surface area (Å²) in [7, 11) is 1.48. The molecule has 4 rings (SSSR count). The smallest absolute Gasteiger partial charge is 0.283 e. The number of amides is 3. The first-order valence-electron chi connectivity index (χ1n) is 9.94. The number of ether oxygens (including phenoxy) is 1. The van der Waals surface area contributed by atoms with Crippen LogP contribution in [0.25, 0.3) is 0 Å². The van der Waals surface area contributed by atoms with Crippen molar-refractivity contribution in [2.24, 2.45) is 0 Å². The molecule has 1 aliphatic heterocycles. The standard InChI is InChI=1S/C24H15Cl4N3O4/c1-35-19-7-4-13(25)11-18(19)30-22(32)12-2-5-16(6-3-12)29-21-20(28)23(33)31(24(21)34)17-9-14(26)8-15(27)10-17/h2-11,29H,1H3,(H,30,32). The van der Waals surface area contributed by atoms with Gasteiger partial charge in [-0.05, 0) is 60.7 Å². The van der Waals surface area contributed by atoms with Gasteiger partial charge in [0.25, 0.3) is 17.7 Å². The Morgan fingerprint density at radius 3 is 2.11 bits per heavy atom. The SMILES string of the molecule is COc1ccc(Cl)cc1NC(=O)c1ccc(NC2=C(Cl)C(=O)N(c3cc(Cl)cc(Cl)c3)C2=O)cc1. The van der Waals surface area contributed by atoms with Gasteiger partial charge in [0.2, 0.25) is 0 Å². The maximum absolute atomic E-state index is 12.9. The van der Waals surface area contributed by atoms with E-state index in [-0.39, 0.29) is 26.5 Å². The Balaban J connectivity index is 1.50. The summed E-state index contributed by atoms with van der Waals surface area (Å²) in [5.74, 6) is -1.33. The number of halogens is 4. The van der Waals surface area contributed by atoms with E-state index in [1.165, 1.54) is 25.3 Å². The van der Waals surface area contributed by atoms with Crippen LogP contribution in [0.15, 0.2) is 71.4 Å². The van der Waals surface area contributed by atoms with E-state index < -0.39 is 17.7 Å². The zero-order chi connectivity index (χ0) is 25.3. The highest BCUT2D eigenvalue weighted by molar-refractivity contribution is 6.53. The van der Waals surface area contributed by atoms with Crippen molar-refractivity contribution in [3.8, 4) is 5.75 Å². The topological polar surface area (TPSA) is 87.7 Å². The highest BCUT2D eigenvalue weighted by Gasteiger charge is 2.39. The Morgan fingerprint density at radius 2 is 1.49 bits per heavy atom. The summed E-state index contributed by atoms with van der Waals surface area (Å²) in [5.41, 5.74) is 1.26. The van der Waals surface area contributed by atoms with Crippen molar-refractivity contribution in [3.63, 3.8) is 0 Å². The van der Waals surface area contributed by atoms with Gasteiger partial charge in [-0.2, -0.15) is 0 Å². The van der Waals surface area contributed by atoms with Gasteiger partial charge in [0.15, 0.2) is 0 Å². The van der Waals surface area contributed by atoms with E-state index in [1.807, 2.05) is 0 Å². The minimum absolute atomic E-state index is 0.117. The number of anilines is 3. The highest BCUT2D eigenvalue weighted by atomic mass is 35.5. The molecule has 0 atom stereocenters. The lowest BCUT2D eigenvalue weighted by Gasteiger charge is -2.16. The van der Waals surface area contributed by atoms with Crippen molar-refractivity contribution in [1.29, 1.82) is 0 Å². The fraction of sp³-hybridized carbons (Fsp3) is 0.0417. The summed E-state index contributed by atoms with van der Waals surface area (Å²) < 4.78 is 5.23. The molecule has 1 heterocycles. The van der Waals surface area contributed by atoms with Crippen molar-refractivity contribution in [1.82, 2.24) is 0 Å². The Kier molecular flexibility index (Phi) is 7.23. The van der Waals surface area contributed by atoms with Gasteiger partial charge < -0.3 is 15.4 Å². The summed E-state index contributed by atoms with van der Waals surface area (Å²) in [4.78, 5) is 39.1. The van der Waals surface area contributed by atoms with Gasteiger partial charge in [0.05, 0.1) is 18.5 Å². The van der Waals surface area contributed by atoms with Crippen molar-refractivity contribution in [3.05, 3.63) is 92.0 Å². The van der Waals surface area contributed by atoms with Crippen LogP contribution in [-0.2, 0) is 9.59 Å². The number of imide groups is 1. The molecule has 3 aromatic carbocycles. The Bertz CT molecular complexity index is 1370. The van der Waals surface area contributed by atoms with E-state index in [4.69, 9.17) is 51.1 Å². The molecule has 35 heavy (non-hydrogen) atoms. The number of nitrogens with zero attached hydrogens (tertiary/aromatic N) is 1. The largest absolute Gasteiger partial charge is 0.495 e. The van der Waals surface area contributed by atoms with E-state index in [0.29, 0.717) is 27.7 Å². The number of methoxy groups -OCH3 is 1. The summed E-state index contributed by atoms with van der Waals surface area (Å²) in [6.07, 6.45) is 0. The van der Waals surface area contributed by atoms with Crippen molar-refractivity contribution in [2.45, 2.75) is 0 Å². The second kappa shape index (κ2) is 10.2. The minimum Gasteiger partial charge on any atom is -0.495 e. The molecule has 3 amide bonds. The zero-order valence-electron chi connectivity index (χ0n) is 17.9. The van der Waals surface area contributed by atoms with Crippen molar-refractivity contribution >= 4 is 81.2 Å². The number of carbonyl (C=O) groups is 3. The van der Waals surface area contributed by atoms with Crippen LogP contribution in [0.5, 0.6) is 5.75 Å². The summed E-state index contributed by atoms with van der Waals surface area (Å²) >= 11 is 24.2. The maximum Gasteiger partial charge on any atom is 0.283 e. The molecule has 0 unspecified atom stereocenters. The van der Waals surface area contributed by atoms with Crippen LogP contribution in [0.2, 0.25) is 15.1 Å². The molecule has 0 spiro atoms. The van der Waals surface area contributed by atoms with E-state index in [2.05, 4.69) is 10.6 Å². The molecule has 1 aliphatic rings. The first kappa shape index (κ1) is 24.9. The van der Waals surface area contributed by atoms with Gasteiger partial charge in [0.1, 0.15) is 16.5 Å². The van der Waals surface area contributed by atoms with Gasteiger partial charge in [-0.3, -0.25) is 14.4 Å². The van der Waals surface area contributed by atoms with Crippen LogP contribution in [0, 0.1) is 0 Å². The normalized spacial score (nSPS) is 13.3. The summed E-state index contributed by atoms with van der Waals surface area (Å²) in [5, 5.41) is 6.25. The second-order valence-corrected chi connectivity index (χ2v) is 8.95. The molecule has 0 saturated heterocycles. The van der Waals surface area contributed by atoms with Crippen LogP contribution in [0.4, 0.5) is 17.1 Å². The monoisotopic (exact) mass is 549 g/mol.